The lowest BCUT2D eigenvalue weighted by molar-refractivity contribution is -0.259. The van der Waals surface area contributed by atoms with Crippen LogP contribution in [-0.2, 0) is 19.4 Å². The fraction of sp³-hybridized carbons (Fsp3) is 0.750. The maximum absolute atomic E-state index is 11.0. The Bertz CT molecular complexity index is 193. The van der Waals surface area contributed by atoms with E-state index in [0.29, 0.717) is 0 Å². The van der Waals surface area contributed by atoms with Crippen LogP contribution in [0.3, 0.4) is 0 Å². The Labute approximate surface area is 77.1 Å². The minimum absolute atomic E-state index is 0.00283. The molecule has 0 amide bonds. The van der Waals surface area contributed by atoms with Crippen molar-refractivity contribution in [3.8, 4) is 0 Å². The van der Waals surface area contributed by atoms with E-state index in [2.05, 4.69) is 9.78 Å². The van der Waals surface area contributed by atoms with E-state index in [4.69, 9.17) is 5.73 Å². The highest BCUT2D eigenvalue weighted by molar-refractivity contribution is 5.76. The van der Waals surface area contributed by atoms with Gasteiger partial charge in [-0.2, -0.15) is 0 Å². The second kappa shape index (κ2) is 5.53. The van der Waals surface area contributed by atoms with Crippen LogP contribution in [0.15, 0.2) is 0 Å². The van der Waals surface area contributed by atoms with Gasteiger partial charge >= 0.3 is 11.9 Å². The Balaban J connectivity index is 3.89. The molecule has 0 aromatic rings. The van der Waals surface area contributed by atoms with Crippen LogP contribution in [0, 0.1) is 5.92 Å². The third-order valence-electron chi connectivity index (χ3n) is 1.77. The van der Waals surface area contributed by atoms with Crippen molar-refractivity contribution in [3.63, 3.8) is 0 Å². The summed E-state index contributed by atoms with van der Waals surface area (Å²) >= 11 is 0. The van der Waals surface area contributed by atoms with Crippen molar-refractivity contribution in [2.75, 3.05) is 0 Å². The van der Waals surface area contributed by atoms with Crippen molar-refractivity contribution >= 4 is 11.9 Å². The first-order valence-electron chi connectivity index (χ1n) is 4.13. The van der Waals surface area contributed by atoms with Crippen molar-refractivity contribution in [1.29, 1.82) is 0 Å². The molecule has 0 rings (SSSR count). The molecule has 0 aromatic carbocycles. The number of hydrogen-bond donors (Lipinski definition) is 1. The van der Waals surface area contributed by atoms with Crippen molar-refractivity contribution in [2.24, 2.45) is 11.7 Å². The standard InChI is InChI=1S/C8H15NO4/c1-4-5(2)7(9)8(11)13-12-6(3)10/h5,7H,4,9H2,1-3H3. The maximum atomic E-state index is 11.0. The summed E-state index contributed by atoms with van der Waals surface area (Å²) in [5.74, 6) is -1.39. The summed E-state index contributed by atoms with van der Waals surface area (Å²) < 4.78 is 0. The topological polar surface area (TPSA) is 78.6 Å². The zero-order valence-electron chi connectivity index (χ0n) is 8.07. The molecule has 76 valence electrons. The Morgan fingerprint density at radius 3 is 2.31 bits per heavy atom. The molecule has 13 heavy (non-hydrogen) atoms. The molecule has 5 heteroatoms. The van der Waals surface area contributed by atoms with Crippen LogP contribution in [0.5, 0.6) is 0 Å². The number of nitrogens with two attached hydrogens (primary N) is 1. The fourth-order valence-electron chi connectivity index (χ4n) is 0.642. The molecule has 0 bridgehead atoms. The highest BCUT2D eigenvalue weighted by Gasteiger charge is 2.22. The second-order valence-corrected chi connectivity index (χ2v) is 2.89. The van der Waals surface area contributed by atoms with Crippen molar-refractivity contribution in [3.05, 3.63) is 0 Å². The van der Waals surface area contributed by atoms with Crippen LogP contribution >= 0.6 is 0 Å². The van der Waals surface area contributed by atoms with Gasteiger partial charge in [-0.15, -0.1) is 0 Å². The molecule has 0 heterocycles. The summed E-state index contributed by atoms with van der Waals surface area (Å²) in [7, 11) is 0. The van der Waals surface area contributed by atoms with Crippen LogP contribution in [0.25, 0.3) is 0 Å². The first-order chi connectivity index (χ1) is 5.99. The van der Waals surface area contributed by atoms with Crippen molar-refractivity contribution in [2.45, 2.75) is 33.2 Å². The molecule has 0 saturated carbocycles. The van der Waals surface area contributed by atoms with Crippen LogP contribution in [-0.4, -0.2) is 18.0 Å². The van der Waals surface area contributed by atoms with E-state index in [1.165, 1.54) is 0 Å². The molecule has 2 atom stereocenters. The van der Waals surface area contributed by atoms with Crippen LogP contribution in [0.1, 0.15) is 27.2 Å². The molecule has 0 radical (unpaired) electrons. The predicted molar refractivity (Wildman–Crippen MR) is 45.3 cm³/mol. The molecular weight excluding hydrogens is 174 g/mol. The number of carbonyl (C=O) groups excluding carboxylic acids is 2. The Hall–Kier alpha value is -1.10. The lowest BCUT2D eigenvalue weighted by atomic mass is 10.0. The van der Waals surface area contributed by atoms with E-state index in [1.54, 1.807) is 0 Å². The third kappa shape index (κ3) is 4.47. The van der Waals surface area contributed by atoms with Gasteiger partial charge in [0.2, 0.25) is 0 Å². The first-order valence-corrected chi connectivity index (χ1v) is 4.13. The molecule has 0 fully saturated rings. The van der Waals surface area contributed by atoms with Gasteiger partial charge in [0.15, 0.2) is 0 Å². The lowest BCUT2D eigenvalue weighted by Gasteiger charge is -2.14. The average Bonchev–Trinajstić information content (AvgIpc) is 2.11. The number of carbonyl (C=O) groups is 2. The molecule has 0 aromatic heterocycles. The van der Waals surface area contributed by atoms with Gasteiger partial charge in [0, 0.05) is 6.92 Å². The summed E-state index contributed by atoms with van der Waals surface area (Å²) in [6, 6.07) is -0.746. The average molecular weight is 189 g/mol. The molecule has 2 N–H and O–H groups in total. The molecule has 0 aliphatic heterocycles. The van der Waals surface area contributed by atoms with Gasteiger partial charge < -0.3 is 5.73 Å². The largest absolute Gasteiger partial charge is 0.372 e. The van der Waals surface area contributed by atoms with Gasteiger partial charge in [-0.1, -0.05) is 20.3 Å². The van der Waals surface area contributed by atoms with E-state index in [-0.39, 0.29) is 5.92 Å². The van der Waals surface area contributed by atoms with E-state index in [1.807, 2.05) is 13.8 Å². The van der Waals surface area contributed by atoms with Crippen molar-refractivity contribution in [1.82, 2.24) is 0 Å². The van der Waals surface area contributed by atoms with Crippen LogP contribution in [0.4, 0.5) is 0 Å². The SMILES string of the molecule is CCC(C)C(N)C(=O)OOC(C)=O. The highest BCUT2D eigenvalue weighted by Crippen LogP contribution is 2.06. The minimum Gasteiger partial charge on any atom is -0.318 e. The van der Waals surface area contributed by atoms with Gasteiger partial charge in [0.25, 0.3) is 0 Å². The Kier molecular flexibility index (Phi) is 5.06. The van der Waals surface area contributed by atoms with Gasteiger partial charge in [-0.25, -0.2) is 19.4 Å². The summed E-state index contributed by atoms with van der Waals surface area (Å²) in [5, 5.41) is 0. The van der Waals surface area contributed by atoms with Crippen LogP contribution < -0.4 is 5.73 Å². The summed E-state index contributed by atoms with van der Waals surface area (Å²) in [4.78, 5) is 29.5. The summed E-state index contributed by atoms with van der Waals surface area (Å²) in [6.45, 7) is 4.87. The molecule has 0 aliphatic carbocycles. The molecule has 2 unspecified atom stereocenters. The fourth-order valence-corrected chi connectivity index (χ4v) is 0.642. The van der Waals surface area contributed by atoms with Crippen LogP contribution in [0.2, 0.25) is 0 Å². The number of hydrogen-bond acceptors (Lipinski definition) is 5. The summed E-state index contributed by atoms with van der Waals surface area (Å²) in [6.07, 6.45) is 0.760. The number of rotatable bonds is 3. The highest BCUT2D eigenvalue weighted by atomic mass is 17.2. The molecule has 0 aliphatic rings. The summed E-state index contributed by atoms with van der Waals surface area (Å²) in [5.41, 5.74) is 5.49. The van der Waals surface area contributed by atoms with Gasteiger partial charge in [-0.05, 0) is 5.92 Å². The monoisotopic (exact) mass is 189 g/mol. The smallest absolute Gasteiger partial charge is 0.318 e. The predicted octanol–water partition coefficient (Wildman–Crippen LogP) is 0.381. The Morgan fingerprint density at radius 1 is 1.38 bits per heavy atom. The van der Waals surface area contributed by atoms with Crippen molar-refractivity contribution < 1.29 is 19.4 Å². The molecular formula is C8H15NO4. The van der Waals surface area contributed by atoms with E-state index in [9.17, 15) is 9.59 Å². The second-order valence-electron chi connectivity index (χ2n) is 2.89. The molecule has 0 saturated heterocycles. The van der Waals surface area contributed by atoms with E-state index >= 15 is 0 Å². The maximum Gasteiger partial charge on any atom is 0.372 e. The van der Waals surface area contributed by atoms with Gasteiger partial charge in [-0.3, -0.25) is 0 Å². The van der Waals surface area contributed by atoms with Gasteiger partial charge in [0.05, 0.1) is 0 Å². The van der Waals surface area contributed by atoms with E-state index < -0.39 is 18.0 Å². The quantitative estimate of drug-likeness (QED) is 0.513. The normalized spacial score (nSPS) is 14.5. The first kappa shape index (κ1) is 11.9. The zero-order chi connectivity index (χ0) is 10.4. The van der Waals surface area contributed by atoms with Gasteiger partial charge in [0.1, 0.15) is 6.04 Å². The Morgan fingerprint density at radius 2 is 1.92 bits per heavy atom. The van der Waals surface area contributed by atoms with E-state index in [0.717, 1.165) is 13.3 Å². The molecule has 5 nitrogen and oxygen atoms in total. The molecule has 0 spiro atoms. The lowest BCUT2D eigenvalue weighted by Crippen LogP contribution is -2.38. The zero-order valence-corrected chi connectivity index (χ0v) is 8.07. The third-order valence-corrected chi connectivity index (χ3v) is 1.77. The minimum atomic E-state index is -0.746.